The van der Waals surface area contributed by atoms with Crippen LogP contribution in [0.4, 0.5) is 0 Å². The summed E-state index contributed by atoms with van der Waals surface area (Å²) in [6.07, 6.45) is 0. The van der Waals surface area contributed by atoms with Crippen molar-refractivity contribution in [2.75, 3.05) is 0 Å². The molecule has 2 aromatic rings. The maximum absolute atomic E-state index is 11.2. The minimum absolute atomic E-state index is 0.188. The van der Waals surface area contributed by atoms with E-state index in [-0.39, 0.29) is 5.76 Å². The van der Waals surface area contributed by atoms with E-state index in [9.17, 15) is 4.79 Å². The third-order valence-corrected chi connectivity index (χ3v) is 2.79. The number of nitrogens with one attached hydrogen (secondary N) is 1. The second-order valence-electron chi connectivity index (χ2n) is 3.12. The summed E-state index contributed by atoms with van der Waals surface area (Å²) in [6.45, 7) is 0. The van der Waals surface area contributed by atoms with E-state index >= 15 is 0 Å². The Hall–Kier alpha value is -1.59. The zero-order valence-corrected chi connectivity index (χ0v) is 9.82. The lowest BCUT2D eigenvalue weighted by Gasteiger charge is -1.99. The zero-order valence-electron chi connectivity index (χ0n) is 8.24. The number of nitrogen functional groups attached to an aromatic ring is 1. The Kier molecular flexibility index (Phi) is 3.07. The Labute approximate surface area is 101 Å². The Balaban J connectivity index is 2.39. The molecule has 0 bridgehead atoms. The molecule has 2 rings (SSSR count). The fraction of sp³-hybridized carbons (Fsp3) is 0. The first-order chi connectivity index (χ1) is 7.72. The van der Waals surface area contributed by atoms with Crippen LogP contribution in [0.1, 0.15) is 10.6 Å². The molecule has 82 valence electrons. The summed E-state index contributed by atoms with van der Waals surface area (Å²) in [5, 5.41) is 0. The number of amides is 1. The minimum Gasteiger partial charge on any atom is -0.451 e. The van der Waals surface area contributed by atoms with Crippen molar-refractivity contribution in [1.29, 1.82) is 0 Å². The highest BCUT2D eigenvalue weighted by Crippen LogP contribution is 2.29. The van der Waals surface area contributed by atoms with Gasteiger partial charge in [0.15, 0.2) is 5.76 Å². The first kappa shape index (κ1) is 10.9. The van der Waals surface area contributed by atoms with E-state index in [1.165, 1.54) is 0 Å². The van der Waals surface area contributed by atoms with E-state index < -0.39 is 5.91 Å². The van der Waals surface area contributed by atoms with Crippen molar-refractivity contribution in [2.45, 2.75) is 0 Å². The number of carbonyl (C=O) groups excluding carboxylic acids is 1. The van der Waals surface area contributed by atoms with E-state index in [1.807, 2.05) is 29.7 Å². The molecule has 4 nitrogen and oxygen atoms in total. The molecule has 5 heteroatoms. The van der Waals surface area contributed by atoms with E-state index in [4.69, 9.17) is 10.3 Å². The highest BCUT2D eigenvalue weighted by atomic mass is 79.9. The standard InChI is InChI=1S/C11H9BrN2O2/c12-8-4-2-1-3-7(8)9-5-6-10(16-9)11(15)14-13/h1-6H,13H2,(H,14,15). The van der Waals surface area contributed by atoms with Gasteiger partial charge in [-0.15, -0.1) is 0 Å². The van der Waals surface area contributed by atoms with E-state index in [2.05, 4.69) is 15.9 Å². The Morgan fingerprint density at radius 3 is 2.69 bits per heavy atom. The van der Waals surface area contributed by atoms with Gasteiger partial charge in [0.1, 0.15) is 5.76 Å². The molecule has 0 unspecified atom stereocenters. The number of carbonyl (C=O) groups is 1. The Bertz CT molecular complexity index is 522. The molecule has 16 heavy (non-hydrogen) atoms. The molecule has 0 radical (unpaired) electrons. The number of benzene rings is 1. The van der Waals surface area contributed by atoms with Gasteiger partial charge < -0.3 is 4.42 Å². The third-order valence-electron chi connectivity index (χ3n) is 2.10. The molecule has 0 aliphatic rings. The summed E-state index contributed by atoms with van der Waals surface area (Å²) in [7, 11) is 0. The molecule has 0 aliphatic carbocycles. The zero-order chi connectivity index (χ0) is 11.5. The van der Waals surface area contributed by atoms with Crippen molar-refractivity contribution >= 4 is 21.8 Å². The summed E-state index contributed by atoms with van der Waals surface area (Å²) >= 11 is 3.41. The van der Waals surface area contributed by atoms with Crippen molar-refractivity contribution < 1.29 is 9.21 Å². The predicted octanol–water partition coefficient (Wildman–Crippen LogP) is 2.31. The molecule has 0 fully saturated rings. The molecule has 1 aromatic carbocycles. The lowest BCUT2D eigenvalue weighted by Crippen LogP contribution is -2.29. The van der Waals surface area contributed by atoms with Gasteiger partial charge in [-0.1, -0.05) is 34.1 Å². The van der Waals surface area contributed by atoms with Gasteiger partial charge in [-0.05, 0) is 18.2 Å². The molecule has 0 saturated carbocycles. The first-order valence-corrected chi connectivity index (χ1v) is 5.37. The summed E-state index contributed by atoms with van der Waals surface area (Å²) in [5.41, 5.74) is 2.90. The van der Waals surface area contributed by atoms with E-state index in [0.717, 1.165) is 10.0 Å². The number of hydrogen-bond acceptors (Lipinski definition) is 3. The highest BCUT2D eigenvalue weighted by Gasteiger charge is 2.11. The number of hydrazine groups is 1. The van der Waals surface area contributed by atoms with Crippen LogP contribution in [0, 0.1) is 0 Å². The van der Waals surface area contributed by atoms with Gasteiger partial charge in [-0.3, -0.25) is 10.2 Å². The second-order valence-corrected chi connectivity index (χ2v) is 3.97. The molecule has 1 aromatic heterocycles. The lowest BCUT2D eigenvalue weighted by atomic mass is 10.2. The average Bonchev–Trinajstić information content (AvgIpc) is 2.78. The lowest BCUT2D eigenvalue weighted by molar-refractivity contribution is 0.0927. The molecule has 0 saturated heterocycles. The van der Waals surface area contributed by atoms with Crippen LogP contribution < -0.4 is 11.3 Å². The van der Waals surface area contributed by atoms with Gasteiger partial charge >= 0.3 is 5.91 Å². The number of furan rings is 1. The van der Waals surface area contributed by atoms with Gasteiger partial charge in [0, 0.05) is 10.0 Å². The van der Waals surface area contributed by atoms with E-state index in [0.29, 0.717) is 5.76 Å². The number of rotatable bonds is 2. The SMILES string of the molecule is NNC(=O)c1ccc(-c2ccccc2Br)o1. The smallest absolute Gasteiger partial charge is 0.300 e. The molecule has 0 spiro atoms. The highest BCUT2D eigenvalue weighted by molar-refractivity contribution is 9.10. The topological polar surface area (TPSA) is 68.3 Å². The number of hydrogen-bond donors (Lipinski definition) is 2. The van der Waals surface area contributed by atoms with E-state index in [1.54, 1.807) is 12.1 Å². The Morgan fingerprint density at radius 1 is 1.25 bits per heavy atom. The quantitative estimate of drug-likeness (QED) is 0.504. The van der Waals surface area contributed by atoms with Crippen molar-refractivity contribution in [3.63, 3.8) is 0 Å². The maximum Gasteiger partial charge on any atom is 0.300 e. The van der Waals surface area contributed by atoms with Crippen LogP contribution in [0.5, 0.6) is 0 Å². The van der Waals surface area contributed by atoms with Gasteiger partial charge in [0.2, 0.25) is 0 Å². The van der Waals surface area contributed by atoms with Crippen LogP contribution in [-0.2, 0) is 0 Å². The largest absolute Gasteiger partial charge is 0.451 e. The third kappa shape index (κ3) is 2.00. The van der Waals surface area contributed by atoms with Crippen LogP contribution in [0.15, 0.2) is 45.3 Å². The molecular weight excluding hydrogens is 272 g/mol. The summed E-state index contributed by atoms with van der Waals surface area (Å²) < 4.78 is 6.29. The van der Waals surface area contributed by atoms with Gasteiger partial charge in [0.05, 0.1) is 0 Å². The fourth-order valence-electron chi connectivity index (χ4n) is 1.34. The van der Waals surface area contributed by atoms with Crippen LogP contribution in [0.25, 0.3) is 11.3 Å². The molecule has 0 aliphatic heterocycles. The molecule has 1 amide bonds. The molecule has 1 heterocycles. The van der Waals surface area contributed by atoms with Crippen LogP contribution in [0.2, 0.25) is 0 Å². The van der Waals surface area contributed by atoms with Crippen molar-refractivity contribution in [1.82, 2.24) is 5.43 Å². The predicted molar refractivity (Wildman–Crippen MR) is 63.5 cm³/mol. The molecule has 3 N–H and O–H groups in total. The van der Waals surface area contributed by atoms with Gasteiger partial charge in [0.25, 0.3) is 0 Å². The summed E-state index contributed by atoms with van der Waals surface area (Å²) in [5.74, 6) is 5.37. The van der Waals surface area contributed by atoms with Crippen LogP contribution in [0.3, 0.4) is 0 Å². The monoisotopic (exact) mass is 280 g/mol. The minimum atomic E-state index is -0.446. The molecule has 0 atom stereocenters. The fourth-order valence-corrected chi connectivity index (χ4v) is 1.82. The van der Waals surface area contributed by atoms with Crippen molar-refractivity contribution in [3.05, 3.63) is 46.6 Å². The average molecular weight is 281 g/mol. The number of nitrogens with two attached hydrogens (primary N) is 1. The maximum atomic E-state index is 11.2. The van der Waals surface area contributed by atoms with Crippen LogP contribution in [-0.4, -0.2) is 5.91 Å². The first-order valence-electron chi connectivity index (χ1n) is 4.58. The second kappa shape index (κ2) is 4.51. The Morgan fingerprint density at radius 2 is 2.00 bits per heavy atom. The van der Waals surface area contributed by atoms with Gasteiger partial charge in [-0.25, -0.2) is 5.84 Å². The normalized spacial score (nSPS) is 10.1. The van der Waals surface area contributed by atoms with Crippen molar-refractivity contribution in [2.24, 2.45) is 5.84 Å². The summed E-state index contributed by atoms with van der Waals surface area (Å²) in [4.78, 5) is 11.2. The number of halogens is 1. The van der Waals surface area contributed by atoms with Crippen LogP contribution >= 0.6 is 15.9 Å². The van der Waals surface area contributed by atoms with Crippen molar-refractivity contribution in [3.8, 4) is 11.3 Å². The van der Waals surface area contributed by atoms with Gasteiger partial charge in [-0.2, -0.15) is 0 Å². The molecular formula is C11H9BrN2O2. The summed E-state index contributed by atoms with van der Waals surface area (Å²) in [6, 6.07) is 10.9.